The Kier molecular flexibility index (Phi) is 5.98. The first-order chi connectivity index (χ1) is 10.3. The minimum atomic E-state index is 0.987. The van der Waals surface area contributed by atoms with Crippen LogP contribution < -0.4 is 5.43 Å². The van der Waals surface area contributed by atoms with Gasteiger partial charge in [0.2, 0.25) is 0 Å². The van der Waals surface area contributed by atoms with Crippen molar-refractivity contribution in [2.45, 2.75) is 20.4 Å². The Labute approximate surface area is 127 Å². The number of hydrogen-bond donors (Lipinski definition) is 1. The zero-order valence-corrected chi connectivity index (χ0v) is 12.8. The third-order valence-corrected chi connectivity index (χ3v) is 3.43. The fourth-order valence-electron chi connectivity index (χ4n) is 2.17. The summed E-state index contributed by atoms with van der Waals surface area (Å²) in [6, 6.07) is 18.5. The van der Waals surface area contributed by atoms with Crippen LogP contribution in [0.3, 0.4) is 0 Å². The molecular weight excluding hydrogens is 258 g/mol. The van der Waals surface area contributed by atoms with Crippen molar-refractivity contribution >= 4 is 11.9 Å². The van der Waals surface area contributed by atoms with Gasteiger partial charge in [-0.3, -0.25) is 10.3 Å². The fraction of sp³-hybridized carbons (Fsp3) is 0.278. The summed E-state index contributed by atoms with van der Waals surface area (Å²) in [7, 11) is 0. The van der Waals surface area contributed by atoms with Gasteiger partial charge in [-0.15, -0.1) is 0 Å². The van der Waals surface area contributed by atoms with Crippen molar-refractivity contribution in [1.29, 1.82) is 0 Å². The van der Waals surface area contributed by atoms with Gasteiger partial charge in [0.05, 0.1) is 11.9 Å². The molecule has 0 unspecified atom stereocenters. The van der Waals surface area contributed by atoms with Crippen molar-refractivity contribution in [3.05, 3.63) is 65.7 Å². The van der Waals surface area contributed by atoms with Crippen LogP contribution in [0, 0.1) is 0 Å². The Balaban J connectivity index is 1.97. The van der Waals surface area contributed by atoms with Crippen molar-refractivity contribution in [3.8, 4) is 0 Å². The van der Waals surface area contributed by atoms with Gasteiger partial charge in [-0.2, -0.15) is 5.10 Å². The van der Waals surface area contributed by atoms with E-state index in [1.54, 1.807) is 0 Å². The zero-order chi connectivity index (χ0) is 14.9. The fourth-order valence-corrected chi connectivity index (χ4v) is 2.17. The molecule has 2 aromatic carbocycles. The molecule has 1 N–H and O–H groups in total. The second-order valence-corrected chi connectivity index (χ2v) is 4.94. The van der Waals surface area contributed by atoms with E-state index in [4.69, 9.17) is 0 Å². The summed E-state index contributed by atoms with van der Waals surface area (Å²) in [6.45, 7) is 7.52. The molecule has 0 bridgehead atoms. The maximum atomic E-state index is 4.28. The number of nitrogens with zero attached hydrogens (tertiary/aromatic N) is 2. The Morgan fingerprint density at radius 1 is 1.00 bits per heavy atom. The van der Waals surface area contributed by atoms with E-state index >= 15 is 0 Å². The third-order valence-electron chi connectivity index (χ3n) is 3.43. The molecule has 0 fully saturated rings. The van der Waals surface area contributed by atoms with Crippen LogP contribution in [0.5, 0.6) is 0 Å². The smallest absolute Gasteiger partial charge is 0.0561 e. The van der Waals surface area contributed by atoms with Gasteiger partial charge >= 0.3 is 0 Å². The van der Waals surface area contributed by atoms with Crippen LogP contribution in [0.25, 0.3) is 0 Å². The topological polar surface area (TPSA) is 27.6 Å². The average molecular weight is 281 g/mol. The highest BCUT2D eigenvalue weighted by Crippen LogP contribution is 2.08. The van der Waals surface area contributed by atoms with E-state index in [9.17, 15) is 0 Å². The van der Waals surface area contributed by atoms with Crippen LogP contribution in [0.15, 0.2) is 59.7 Å². The zero-order valence-electron chi connectivity index (χ0n) is 12.8. The average Bonchev–Trinajstić information content (AvgIpc) is 2.54. The van der Waals surface area contributed by atoms with Crippen molar-refractivity contribution in [1.82, 2.24) is 4.90 Å². The van der Waals surface area contributed by atoms with Crippen LogP contribution in [0.2, 0.25) is 0 Å². The lowest BCUT2D eigenvalue weighted by Crippen LogP contribution is -2.22. The molecule has 0 saturated carbocycles. The lowest BCUT2D eigenvalue weighted by Gasteiger charge is -2.18. The molecule has 0 amide bonds. The molecule has 3 heteroatoms. The van der Waals surface area contributed by atoms with E-state index in [1.165, 1.54) is 5.56 Å². The number of benzene rings is 2. The van der Waals surface area contributed by atoms with Gasteiger partial charge in [-0.05, 0) is 42.4 Å². The predicted octanol–water partition coefficient (Wildman–Crippen LogP) is 3.97. The van der Waals surface area contributed by atoms with E-state index in [0.717, 1.165) is 30.9 Å². The molecule has 2 rings (SSSR count). The van der Waals surface area contributed by atoms with Crippen molar-refractivity contribution in [2.24, 2.45) is 5.10 Å². The van der Waals surface area contributed by atoms with E-state index in [2.05, 4.69) is 53.5 Å². The lowest BCUT2D eigenvalue weighted by molar-refractivity contribution is 0.296. The summed E-state index contributed by atoms with van der Waals surface area (Å²) in [4.78, 5) is 2.40. The second-order valence-electron chi connectivity index (χ2n) is 4.94. The molecule has 0 heterocycles. The first kappa shape index (κ1) is 15.3. The molecule has 0 atom stereocenters. The van der Waals surface area contributed by atoms with Gasteiger partial charge in [0.25, 0.3) is 0 Å². The number of hydrazone groups is 1. The van der Waals surface area contributed by atoms with Crippen LogP contribution in [-0.4, -0.2) is 24.2 Å². The van der Waals surface area contributed by atoms with Crippen molar-refractivity contribution in [2.75, 3.05) is 18.5 Å². The summed E-state index contributed by atoms with van der Waals surface area (Å²) in [5, 5.41) is 4.28. The molecule has 0 aliphatic rings. The normalized spacial score (nSPS) is 11.2. The van der Waals surface area contributed by atoms with Gasteiger partial charge in [0.1, 0.15) is 0 Å². The molecule has 0 spiro atoms. The van der Waals surface area contributed by atoms with Crippen LogP contribution >= 0.6 is 0 Å². The molecular formula is C18H23N3. The van der Waals surface area contributed by atoms with Gasteiger partial charge in [-0.1, -0.05) is 50.2 Å². The van der Waals surface area contributed by atoms with Crippen molar-refractivity contribution in [3.63, 3.8) is 0 Å². The van der Waals surface area contributed by atoms with Crippen LogP contribution in [-0.2, 0) is 6.54 Å². The Morgan fingerprint density at radius 2 is 1.76 bits per heavy atom. The molecule has 21 heavy (non-hydrogen) atoms. The second kappa shape index (κ2) is 8.22. The molecule has 0 saturated heterocycles. The van der Waals surface area contributed by atoms with Gasteiger partial charge in [-0.25, -0.2) is 0 Å². The van der Waals surface area contributed by atoms with E-state index in [1.807, 2.05) is 36.5 Å². The quantitative estimate of drug-likeness (QED) is 0.614. The van der Waals surface area contributed by atoms with E-state index in [0.29, 0.717) is 0 Å². The molecule has 0 aliphatic heterocycles. The maximum Gasteiger partial charge on any atom is 0.0561 e. The summed E-state index contributed by atoms with van der Waals surface area (Å²) in [5.41, 5.74) is 6.46. The molecule has 0 radical (unpaired) electrons. The van der Waals surface area contributed by atoms with Crippen molar-refractivity contribution < 1.29 is 0 Å². The number of para-hydroxylation sites is 1. The van der Waals surface area contributed by atoms with Crippen LogP contribution in [0.4, 0.5) is 5.69 Å². The number of nitrogens with one attached hydrogen (secondary N) is 1. The predicted molar refractivity (Wildman–Crippen MR) is 90.7 cm³/mol. The highest BCUT2D eigenvalue weighted by molar-refractivity contribution is 5.80. The molecule has 3 nitrogen and oxygen atoms in total. The largest absolute Gasteiger partial charge is 0.300 e. The summed E-state index contributed by atoms with van der Waals surface area (Å²) < 4.78 is 0. The van der Waals surface area contributed by atoms with Gasteiger partial charge in [0, 0.05) is 6.54 Å². The van der Waals surface area contributed by atoms with Gasteiger partial charge in [0.15, 0.2) is 0 Å². The van der Waals surface area contributed by atoms with E-state index < -0.39 is 0 Å². The first-order valence-electron chi connectivity index (χ1n) is 7.47. The molecule has 2 aromatic rings. The third kappa shape index (κ3) is 5.04. The SMILES string of the molecule is CCN(CC)Cc1cccc(C=NNc2ccccc2)c1. The van der Waals surface area contributed by atoms with Gasteiger partial charge < -0.3 is 0 Å². The lowest BCUT2D eigenvalue weighted by atomic mass is 10.1. The monoisotopic (exact) mass is 281 g/mol. The Morgan fingerprint density at radius 3 is 2.48 bits per heavy atom. The van der Waals surface area contributed by atoms with E-state index in [-0.39, 0.29) is 0 Å². The number of rotatable bonds is 7. The Bertz CT molecular complexity index is 560. The Hall–Kier alpha value is -2.13. The first-order valence-corrected chi connectivity index (χ1v) is 7.47. The highest BCUT2D eigenvalue weighted by Gasteiger charge is 2.01. The summed E-state index contributed by atoms with van der Waals surface area (Å²) >= 11 is 0. The maximum absolute atomic E-state index is 4.28. The molecule has 0 aliphatic carbocycles. The summed E-state index contributed by atoms with van der Waals surface area (Å²) in [6.07, 6.45) is 1.86. The standard InChI is InChI=1S/C18H23N3/c1-3-21(4-2)15-17-10-8-9-16(13-17)14-19-20-18-11-6-5-7-12-18/h5-14,20H,3-4,15H2,1-2H3. The minimum absolute atomic E-state index is 0.987. The number of hydrogen-bond acceptors (Lipinski definition) is 3. The van der Waals surface area contributed by atoms with Crippen LogP contribution in [0.1, 0.15) is 25.0 Å². The highest BCUT2D eigenvalue weighted by atomic mass is 15.3. The minimum Gasteiger partial charge on any atom is -0.300 e. The number of anilines is 1. The molecule has 0 aromatic heterocycles. The summed E-state index contributed by atoms with van der Waals surface area (Å²) in [5.74, 6) is 0. The molecule has 110 valence electrons.